The number of imide groups is 1. The zero-order chi connectivity index (χ0) is 43.8. The van der Waals surface area contributed by atoms with Crippen LogP contribution in [-0.2, 0) is 10.2 Å². The van der Waals surface area contributed by atoms with Crippen LogP contribution in [0.2, 0.25) is 0 Å². The number of fused-ring (bicyclic) bond motifs is 1. The second-order valence-electron chi connectivity index (χ2n) is 18.2. The van der Waals surface area contributed by atoms with Gasteiger partial charge in [0.1, 0.15) is 23.6 Å². The highest BCUT2D eigenvalue weighted by molar-refractivity contribution is 6.05. The number of aryl methyl sites for hydroxylation is 1. The average molecular weight is 850 g/mol. The fourth-order valence-corrected chi connectivity index (χ4v) is 9.00. The molecule has 3 saturated heterocycles. The largest absolute Gasteiger partial charge is 0.372 e. The smallest absolute Gasteiger partial charge is 0.328 e. The highest BCUT2D eigenvalue weighted by Gasteiger charge is 2.28. The molecule has 0 unspecified atom stereocenters. The first-order chi connectivity index (χ1) is 30.4. The van der Waals surface area contributed by atoms with Crippen molar-refractivity contribution < 1.29 is 18.9 Å². The number of nitrogens with one attached hydrogen (secondary N) is 3. The van der Waals surface area contributed by atoms with Crippen LogP contribution in [0.3, 0.4) is 0 Å². The molecule has 3 fully saturated rings. The Morgan fingerprint density at radius 3 is 2.29 bits per heavy atom. The molecule has 0 spiro atoms. The van der Waals surface area contributed by atoms with Gasteiger partial charge in [0, 0.05) is 110 Å². The number of hydrogen-bond acceptors (Lipinski definition) is 11. The van der Waals surface area contributed by atoms with Gasteiger partial charge in [-0.15, -0.1) is 0 Å². The highest BCUT2D eigenvalue weighted by atomic mass is 16.5. The Morgan fingerprint density at radius 2 is 1.60 bits per heavy atom. The highest BCUT2D eigenvalue weighted by Crippen LogP contribution is 2.33. The summed E-state index contributed by atoms with van der Waals surface area (Å²) in [7, 11) is 0. The van der Waals surface area contributed by atoms with E-state index in [1.165, 1.54) is 5.69 Å². The molecule has 3 aliphatic rings. The monoisotopic (exact) mass is 849 g/mol. The summed E-state index contributed by atoms with van der Waals surface area (Å²) in [6.45, 7) is 17.5. The van der Waals surface area contributed by atoms with Gasteiger partial charge < -0.3 is 24.6 Å². The molecular weight excluding hydrogens is 795 g/mol. The third kappa shape index (κ3) is 9.01. The number of piperidine rings is 1. The predicted molar refractivity (Wildman–Crippen MR) is 244 cm³/mol. The number of aromatic amines is 1. The Balaban J connectivity index is 0.768. The van der Waals surface area contributed by atoms with Crippen molar-refractivity contribution in [3.05, 3.63) is 102 Å². The lowest BCUT2D eigenvalue weighted by Crippen LogP contribution is -2.49. The van der Waals surface area contributed by atoms with Crippen LogP contribution in [0.25, 0.3) is 33.5 Å². The molecule has 0 saturated carbocycles. The number of anilines is 3. The van der Waals surface area contributed by atoms with Gasteiger partial charge in [0.25, 0.3) is 5.91 Å². The summed E-state index contributed by atoms with van der Waals surface area (Å²) in [6.07, 6.45) is 6.15. The molecule has 3 aliphatic heterocycles. The first-order valence-electron chi connectivity index (χ1n) is 22.0. The molecule has 15 heteroatoms. The van der Waals surface area contributed by atoms with Crippen LogP contribution in [-0.4, -0.2) is 100 Å². The first kappa shape index (κ1) is 41.7. The summed E-state index contributed by atoms with van der Waals surface area (Å²) in [5.41, 5.74) is 8.51. The van der Waals surface area contributed by atoms with Crippen LogP contribution in [0.5, 0.6) is 0 Å². The quantitative estimate of drug-likeness (QED) is 0.127. The third-order valence-electron chi connectivity index (χ3n) is 12.7. The lowest BCUT2D eigenvalue weighted by Gasteiger charge is -2.39. The fourth-order valence-electron chi connectivity index (χ4n) is 9.00. The molecule has 6 aromatic rings. The normalized spacial score (nSPS) is 17.3. The second-order valence-corrected chi connectivity index (χ2v) is 18.2. The molecule has 9 rings (SSSR count). The van der Waals surface area contributed by atoms with E-state index >= 15 is 0 Å². The summed E-state index contributed by atoms with van der Waals surface area (Å²) < 4.78 is 5.43. The van der Waals surface area contributed by atoms with Crippen molar-refractivity contribution in [1.82, 2.24) is 40.6 Å². The summed E-state index contributed by atoms with van der Waals surface area (Å²) in [6, 6.07) is 21.8. The number of urea groups is 1. The first-order valence-corrected chi connectivity index (χ1v) is 22.0. The summed E-state index contributed by atoms with van der Waals surface area (Å²) in [5, 5.41) is 10.4. The Morgan fingerprint density at radius 1 is 0.857 bits per heavy atom. The number of rotatable bonds is 10. The van der Waals surface area contributed by atoms with Gasteiger partial charge in [-0.3, -0.25) is 24.7 Å². The van der Waals surface area contributed by atoms with Gasteiger partial charge in [-0.25, -0.2) is 19.7 Å². The van der Waals surface area contributed by atoms with Crippen molar-refractivity contribution in [3.63, 3.8) is 0 Å². The minimum atomic E-state index is -0.352. The number of aromatic nitrogens is 5. The molecule has 1 atom stereocenters. The van der Waals surface area contributed by atoms with E-state index in [1.54, 1.807) is 17.3 Å². The van der Waals surface area contributed by atoms with E-state index in [9.17, 15) is 14.4 Å². The molecule has 4 amide bonds. The van der Waals surface area contributed by atoms with Crippen LogP contribution < -0.4 is 25.3 Å². The second kappa shape index (κ2) is 17.3. The van der Waals surface area contributed by atoms with Gasteiger partial charge in [0.2, 0.25) is 5.91 Å². The third-order valence-corrected chi connectivity index (χ3v) is 12.7. The van der Waals surface area contributed by atoms with Crippen LogP contribution in [0.4, 0.5) is 22.0 Å². The Kier molecular flexibility index (Phi) is 11.4. The van der Waals surface area contributed by atoms with Gasteiger partial charge in [-0.1, -0.05) is 38.1 Å². The van der Waals surface area contributed by atoms with Crippen LogP contribution in [0.15, 0.2) is 83.8 Å². The van der Waals surface area contributed by atoms with E-state index in [0.29, 0.717) is 24.6 Å². The SMILES string of the molecule is Cc1cc(-c2ncnc3[nH]c(-c4ccc(N5CCN(CC6CCN(c7ccc(N8CCC(=O)NC8=O)cc7)CC6)CC5)nc4)cc23)ccc1[C@@H](C)NC(=O)c1cc(C(C)(C)C)on1. The van der Waals surface area contributed by atoms with Gasteiger partial charge in [-0.2, -0.15) is 0 Å². The fraction of sp³-hybridized carbons (Fsp3) is 0.396. The lowest BCUT2D eigenvalue weighted by atomic mass is 9.93. The molecule has 15 nitrogen and oxygen atoms in total. The molecular formula is C48H55N11O4. The van der Waals surface area contributed by atoms with Crippen LogP contribution in [0, 0.1) is 12.8 Å². The maximum absolute atomic E-state index is 13.0. The lowest BCUT2D eigenvalue weighted by molar-refractivity contribution is -0.120. The van der Waals surface area contributed by atoms with E-state index in [2.05, 4.69) is 76.9 Å². The summed E-state index contributed by atoms with van der Waals surface area (Å²) in [5.74, 6) is 1.82. The van der Waals surface area contributed by atoms with Crippen molar-refractivity contribution in [2.24, 2.45) is 5.92 Å². The molecule has 2 aromatic carbocycles. The molecule has 0 radical (unpaired) electrons. The summed E-state index contributed by atoms with van der Waals surface area (Å²) in [4.78, 5) is 63.5. The topological polar surface area (TPSA) is 169 Å². The Bertz CT molecular complexity index is 2620. The summed E-state index contributed by atoms with van der Waals surface area (Å²) >= 11 is 0. The van der Waals surface area contributed by atoms with Crippen molar-refractivity contribution in [1.29, 1.82) is 0 Å². The molecule has 0 aliphatic carbocycles. The number of hydrogen-bond donors (Lipinski definition) is 3. The molecule has 3 N–H and O–H groups in total. The molecule has 0 bridgehead atoms. The Labute approximate surface area is 367 Å². The van der Waals surface area contributed by atoms with Crippen LogP contribution >= 0.6 is 0 Å². The number of carbonyl (C=O) groups is 3. The Hall–Kier alpha value is -6.61. The van der Waals surface area contributed by atoms with Crippen molar-refractivity contribution in [2.45, 2.75) is 65.3 Å². The number of benzene rings is 2. The minimum Gasteiger partial charge on any atom is -0.372 e. The molecule has 4 aromatic heterocycles. The zero-order valence-corrected chi connectivity index (χ0v) is 36.6. The van der Waals surface area contributed by atoms with E-state index in [1.807, 2.05) is 65.1 Å². The maximum atomic E-state index is 13.0. The molecule has 7 heterocycles. The van der Waals surface area contributed by atoms with E-state index in [4.69, 9.17) is 14.5 Å². The number of pyridine rings is 1. The van der Waals surface area contributed by atoms with Gasteiger partial charge >= 0.3 is 6.03 Å². The number of H-pyrrole nitrogens is 1. The van der Waals surface area contributed by atoms with Gasteiger partial charge in [0.15, 0.2) is 5.69 Å². The average Bonchev–Trinajstić information content (AvgIpc) is 3.97. The van der Waals surface area contributed by atoms with Crippen LogP contribution in [0.1, 0.15) is 80.4 Å². The number of amides is 4. The van der Waals surface area contributed by atoms with Crippen molar-refractivity contribution in [3.8, 4) is 22.5 Å². The number of piperazine rings is 1. The van der Waals surface area contributed by atoms with Gasteiger partial charge in [-0.05, 0) is 92.3 Å². The van der Waals surface area contributed by atoms with Crippen molar-refractivity contribution in [2.75, 3.05) is 67.1 Å². The van der Waals surface area contributed by atoms with E-state index < -0.39 is 0 Å². The van der Waals surface area contributed by atoms with Crippen molar-refractivity contribution >= 4 is 46.1 Å². The van der Waals surface area contributed by atoms with E-state index in [-0.39, 0.29) is 35.0 Å². The molecule has 326 valence electrons. The van der Waals surface area contributed by atoms with E-state index in [0.717, 1.165) is 115 Å². The number of nitrogens with zero attached hydrogens (tertiary/aromatic N) is 8. The minimum absolute atomic E-state index is 0.220. The molecule has 63 heavy (non-hydrogen) atoms. The number of carbonyl (C=O) groups excluding carboxylic acids is 3. The standard InChI is InChI=1S/C48H55N11O4/c1-30-24-33(6-12-37(30)31(2)52-46(61)40-26-41(63-55-40)48(3,4)5)44-38-25-39(53-45(38)51-29-50-44)34-7-13-42(49-27-34)58-22-20-56(21-23-58)28-32-14-17-57(18-15-32)35-8-10-36(11-9-35)59-19-16-43(60)54-47(59)62/h6-13,24-27,29,31-32H,14-23,28H2,1-5H3,(H,52,61)(H,50,51,53)(H,54,60,62)/t31-/m1/s1. The van der Waals surface area contributed by atoms with Gasteiger partial charge in [0.05, 0.1) is 11.7 Å². The zero-order valence-electron chi connectivity index (χ0n) is 36.6. The maximum Gasteiger partial charge on any atom is 0.328 e. The predicted octanol–water partition coefficient (Wildman–Crippen LogP) is 7.26.